The van der Waals surface area contributed by atoms with E-state index in [0.717, 1.165) is 16.3 Å². The molecule has 0 saturated heterocycles. The Kier molecular flexibility index (Phi) is 4.77. The topological polar surface area (TPSA) is 62.1 Å². The normalized spacial score (nSPS) is 11.0. The van der Waals surface area contributed by atoms with Crippen molar-refractivity contribution in [1.29, 1.82) is 5.26 Å². The molecular formula is C21H16N2O2. The minimum Gasteiger partial charge on any atom is -0.497 e. The first-order valence-corrected chi connectivity index (χ1v) is 7.75. The maximum Gasteiger partial charge on any atom is 0.266 e. The molecule has 25 heavy (non-hydrogen) atoms. The first kappa shape index (κ1) is 16.3. The maximum atomic E-state index is 12.3. The Morgan fingerprint density at radius 2 is 1.76 bits per heavy atom. The van der Waals surface area contributed by atoms with Crippen LogP contribution in [0.4, 0.5) is 5.69 Å². The predicted octanol–water partition coefficient (Wildman–Crippen LogP) is 4.39. The molecule has 4 nitrogen and oxygen atoms in total. The third-order valence-corrected chi connectivity index (χ3v) is 3.80. The minimum atomic E-state index is -0.444. The molecule has 0 radical (unpaired) electrons. The van der Waals surface area contributed by atoms with Crippen LogP contribution in [-0.2, 0) is 4.79 Å². The van der Waals surface area contributed by atoms with Gasteiger partial charge in [0.05, 0.1) is 7.11 Å². The van der Waals surface area contributed by atoms with Gasteiger partial charge in [-0.3, -0.25) is 4.79 Å². The molecular weight excluding hydrogens is 312 g/mol. The van der Waals surface area contributed by atoms with Crippen LogP contribution in [0, 0.1) is 11.3 Å². The van der Waals surface area contributed by atoms with Gasteiger partial charge >= 0.3 is 0 Å². The van der Waals surface area contributed by atoms with Gasteiger partial charge in [0.15, 0.2) is 0 Å². The van der Waals surface area contributed by atoms with Crippen molar-refractivity contribution in [2.24, 2.45) is 0 Å². The van der Waals surface area contributed by atoms with Gasteiger partial charge in [0.2, 0.25) is 0 Å². The van der Waals surface area contributed by atoms with Crippen molar-refractivity contribution >= 4 is 28.4 Å². The van der Waals surface area contributed by atoms with E-state index in [9.17, 15) is 10.1 Å². The third-order valence-electron chi connectivity index (χ3n) is 3.80. The Bertz CT molecular complexity index is 983. The van der Waals surface area contributed by atoms with Crippen LogP contribution in [0.25, 0.3) is 16.8 Å². The molecule has 0 heterocycles. The van der Waals surface area contributed by atoms with Crippen molar-refractivity contribution in [1.82, 2.24) is 0 Å². The van der Waals surface area contributed by atoms with E-state index in [1.165, 1.54) is 0 Å². The van der Waals surface area contributed by atoms with E-state index in [4.69, 9.17) is 4.74 Å². The second kappa shape index (κ2) is 7.33. The van der Waals surface area contributed by atoms with Crippen LogP contribution in [-0.4, -0.2) is 13.0 Å². The number of amides is 1. The molecule has 0 spiro atoms. The van der Waals surface area contributed by atoms with Crippen LogP contribution in [0.5, 0.6) is 5.75 Å². The summed E-state index contributed by atoms with van der Waals surface area (Å²) < 4.78 is 5.08. The lowest BCUT2D eigenvalue weighted by Crippen LogP contribution is -2.13. The Morgan fingerprint density at radius 1 is 1.04 bits per heavy atom. The van der Waals surface area contributed by atoms with Crippen molar-refractivity contribution in [2.45, 2.75) is 0 Å². The number of fused-ring (bicyclic) bond motifs is 1. The number of nitriles is 1. The van der Waals surface area contributed by atoms with Gasteiger partial charge in [0, 0.05) is 5.69 Å². The summed E-state index contributed by atoms with van der Waals surface area (Å²) >= 11 is 0. The molecule has 122 valence electrons. The number of carbonyl (C=O) groups is 1. The number of carbonyl (C=O) groups excluding carboxylic acids is 1. The molecule has 0 aliphatic rings. The zero-order valence-electron chi connectivity index (χ0n) is 13.7. The third kappa shape index (κ3) is 3.85. The summed E-state index contributed by atoms with van der Waals surface area (Å²) in [5.41, 5.74) is 1.46. The first-order valence-electron chi connectivity index (χ1n) is 7.75. The highest BCUT2D eigenvalue weighted by Crippen LogP contribution is 2.19. The summed E-state index contributed by atoms with van der Waals surface area (Å²) in [5, 5.41) is 14.2. The fourth-order valence-electron chi connectivity index (χ4n) is 2.49. The molecule has 3 aromatic rings. The highest BCUT2D eigenvalue weighted by molar-refractivity contribution is 6.09. The summed E-state index contributed by atoms with van der Waals surface area (Å²) in [4.78, 5) is 12.3. The number of nitrogens with zero attached hydrogens (tertiary/aromatic N) is 1. The number of hydrogen-bond donors (Lipinski definition) is 1. The van der Waals surface area contributed by atoms with E-state index in [-0.39, 0.29) is 5.57 Å². The molecule has 1 N–H and O–H groups in total. The molecule has 0 fully saturated rings. The fourth-order valence-corrected chi connectivity index (χ4v) is 2.49. The number of ether oxygens (including phenoxy) is 1. The molecule has 3 aromatic carbocycles. The lowest BCUT2D eigenvalue weighted by molar-refractivity contribution is -0.112. The summed E-state index contributed by atoms with van der Waals surface area (Å²) in [6, 6.07) is 22.7. The van der Waals surface area contributed by atoms with Gasteiger partial charge in [0.1, 0.15) is 17.4 Å². The van der Waals surface area contributed by atoms with Crippen molar-refractivity contribution in [3.8, 4) is 11.8 Å². The van der Waals surface area contributed by atoms with Crippen molar-refractivity contribution in [3.63, 3.8) is 0 Å². The highest BCUT2D eigenvalue weighted by Gasteiger charge is 2.09. The molecule has 0 bridgehead atoms. The molecule has 0 aromatic heterocycles. The number of nitrogens with one attached hydrogen (secondary N) is 1. The monoisotopic (exact) mass is 328 g/mol. The van der Waals surface area contributed by atoms with Crippen LogP contribution in [0.1, 0.15) is 5.56 Å². The summed E-state index contributed by atoms with van der Waals surface area (Å²) in [6.07, 6.45) is 1.59. The van der Waals surface area contributed by atoms with Gasteiger partial charge in [-0.05, 0) is 52.7 Å². The molecule has 0 aliphatic carbocycles. The summed E-state index contributed by atoms with van der Waals surface area (Å²) in [5.74, 6) is 0.256. The summed E-state index contributed by atoms with van der Waals surface area (Å²) in [6.45, 7) is 0. The van der Waals surface area contributed by atoms with E-state index < -0.39 is 5.91 Å². The van der Waals surface area contributed by atoms with Crippen molar-refractivity contribution < 1.29 is 9.53 Å². The minimum absolute atomic E-state index is 0.0473. The Hall–Kier alpha value is -3.58. The standard InChI is InChI=1S/C21H16N2O2/c1-25-20-10-8-19(9-11-20)23-21(24)18(14-22)13-15-6-7-16-4-2-3-5-17(16)12-15/h2-13H,1H3,(H,23,24)/b18-13+. The molecule has 4 heteroatoms. The lowest BCUT2D eigenvalue weighted by atomic mass is 10.0. The van der Waals surface area contributed by atoms with Crippen LogP contribution < -0.4 is 10.1 Å². The smallest absolute Gasteiger partial charge is 0.266 e. The zero-order valence-corrected chi connectivity index (χ0v) is 13.7. The average molecular weight is 328 g/mol. The first-order chi connectivity index (χ1) is 12.2. The molecule has 1 amide bonds. The lowest BCUT2D eigenvalue weighted by Gasteiger charge is -2.06. The van der Waals surface area contributed by atoms with Crippen LogP contribution in [0.3, 0.4) is 0 Å². The second-order valence-corrected chi connectivity index (χ2v) is 5.46. The Morgan fingerprint density at radius 3 is 2.44 bits per heavy atom. The fraction of sp³-hybridized carbons (Fsp3) is 0.0476. The number of rotatable bonds is 4. The molecule has 0 unspecified atom stereocenters. The second-order valence-electron chi connectivity index (χ2n) is 5.46. The van der Waals surface area contributed by atoms with E-state index in [1.54, 1.807) is 37.5 Å². The van der Waals surface area contributed by atoms with Gasteiger partial charge < -0.3 is 10.1 Å². The van der Waals surface area contributed by atoms with Gasteiger partial charge in [-0.25, -0.2) is 0 Å². The zero-order chi connectivity index (χ0) is 17.6. The van der Waals surface area contributed by atoms with Gasteiger partial charge in [-0.1, -0.05) is 36.4 Å². The van der Waals surface area contributed by atoms with Crippen molar-refractivity contribution in [2.75, 3.05) is 12.4 Å². The van der Waals surface area contributed by atoms with E-state index in [2.05, 4.69) is 5.32 Å². The Balaban J connectivity index is 1.82. The van der Waals surface area contributed by atoms with Crippen LogP contribution >= 0.6 is 0 Å². The van der Waals surface area contributed by atoms with E-state index in [0.29, 0.717) is 11.4 Å². The van der Waals surface area contributed by atoms with Crippen LogP contribution in [0.2, 0.25) is 0 Å². The summed E-state index contributed by atoms with van der Waals surface area (Å²) in [7, 11) is 1.58. The Labute approximate surface area is 146 Å². The molecule has 0 aliphatic heterocycles. The maximum absolute atomic E-state index is 12.3. The number of anilines is 1. The van der Waals surface area contributed by atoms with E-state index >= 15 is 0 Å². The quantitative estimate of drug-likeness (QED) is 0.570. The highest BCUT2D eigenvalue weighted by atomic mass is 16.5. The van der Waals surface area contributed by atoms with Crippen LogP contribution in [0.15, 0.2) is 72.3 Å². The van der Waals surface area contributed by atoms with E-state index in [1.807, 2.05) is 48.5 Å². The SMILES string of the molecule is COc1ccc(NC(=O)/C(C#N)=C/c2ccc3ccccc3c2)cc1. The molecule has 3 rings (SSSR count). The molecule has 0 atom stereocenters. The van der Waals surface area contributed by atoms with Gasteiger partial charge in [0.25, 0.3) is 5.91 Å². The predicted molar refractivity (Wildman–Crippen MR) is 99.2 cm³/mol. The molecule has 0 saturated carbocycles. The number of benzene rings is 3. The van der Waals surface area contributed by atoms with Gasteiger partial charge in [-0.15, -0.1) is 0 Å². The number of hydrogen-bond acceptors (Lipinski definition) is 3. The van der Waals surface area contributed by atoms with Gasteiger partial charge in [-0.2, -0.15) is 5.26 Å². The largest absolute Gasteiger partial charge is 0.497 e. The number of methoxy groups -OCH3 is 1. The average Bonchev–Trinajstić information content (AvgIpc) is 2.66. The van der Waals surface area contributed by atoms with Crippen molar-refractivity contribution in [3.05, 3.63) is 77.9 Å².